The number of piperidine rings is 1. The molecule has 0 aromatic carbocycles. The Balaban J connectivity index is 0.00000144. The van der Waals surface area contributed by atoms with Crippen molar-refractivity contribution in [3.63, 3.8) is 0 Å². The van der Waals surface area contributed by atoms with Crippen LogP contribution in [0.4, 0.5) is 0 Å². The van der Waals surface area contributed by atoms with Crippen LogP contribution in [0.5, 0.6) is 0 Å². The van der Waals surface area contributed by atoms with Crippen LogP contribution in [-0.4, -0.2) is 44.4 Å². The van der Waals surface area contributed by atoms with E-state index >= 15 is 0 Å². The fraction of sp³-hybridized carbons (Fsp3) is 1.00. The Morgan fingerprint density at radius 2 is 2.06 bits per heavy atom. The molecule has 2 saturated heterocycles. The van der Waals surface area contributed by atoms with Crippen LogP contribution in [0.3, 0.4) is 0 Å². The van der Waals surface area contributed by atoms with Crippen molar-refractivity contribution in [3.8, 4) is 0 Å². The molecule has 2 N–H and O–H groups in total. The van der Waals surface area contributed by atoms with Crippen molar-refractivity contribution >= 4 is 22.6 Å². The van der Waals surface area contributed by atoms with Crippen LogP contribution < -0.4 is 10.0 Å². The quantitative estimate of drug-likeness (QED) is 0.792. The van der Waals surface area contributed by atoms with E-state index in [0.29, 0.717) is 6.54 Å². The summed E-state index contributed by atoms with van der Waals surface area (Å²) in [6.45, 7) is 4.31. The lowest BCUT2D eigenvalue weighted by molar-refractivity contribution is 0.264. The molecule has 2 heterocycles. The first kappa shape index (κ1) is 15.2. The fourth-order valence-corrected chi connectivity index (χ4v) is 4.17. The highest BCUT2D eigenvalue weighted by molar-refractivity contribution is 7.87. The summed E-state index contributed by atoms with van der Waals surface area (Å²) in [7, 11) is -3.27. The van der Waals surface area contributed by atoms with E-state index in [4.69, 9.17) is 0 Å². The molecule has 0 amide bonds. The van der Waals surface area contributed by atoms with Crippen molar-refractivity contribution in [1.82, 2.24) is 14.3 Å². The number of halogens is 1. The second-order valence-electron chi connectivity index (χ2n) is 4.77. The van der Waals surface area contributed by atoms with Crippen LogP contribution in [0.15, 0.2) is 0 Å². The average molecular weight is 284 g/mol. The summed E-state index contributed by atoms with van der Waals surface area (Å²) < 4.78 is 28.7. The van der Waals surface area contributed by atoms with Crippen molar-refractivity contribution in [2.45, 2.75) is 44.7 Å². The van der Waals surface area contributed by atoms with Gasteiger partial charge in [-0.2, -0.15) is 17.4 Å². The molecule has 7 heteroatoms. The Bertz CT molecular complexity index is 330. The summed E-state index contributed by atoms with van der Waals surface area (Å²) >= 11 is 0. The zero-order chi connectivity index (χ0) is 11.6. The van der Waals surface area contributed by atoms with Gasteiger partial charge in [0.25, 0.3) is 10.2 Å². The van der Waals surface area contributed by atoms with E-state index in [-0.39, 0.29) is 24.5 Å². The van der Waals surface area contributed by atoms with Crippen molar-refractivity contribution in [3.05, 3.63) is 0 Å². The zero-order valence-electron chi connectivity index (χ0n) is 10.2. The number of nitrogens with one attached hydrogen (secondary N) is 2. The standard InChI is InChI=1S/C10H21N3O2S.ClH/c1-9-4-2-3-7-13(9)16(14,15)12-10-5-6-11-8-10;/h9-12H,2-8H2,1H3;1H. The summed E-state index contributed by atoms with van der Waals surface area (Å²) in [4.78, 5) is 0. The van der Waals surface area contributed by atoms with E-state index in [9.17, 15) is 8.42 Å². The second kappa shape index (κ2) is 6.33. The topological polar surface area (TPSA) is 61.4 Å². The number of hydrogen-bond donors (Lipinski definition) is 2. The number of nitrogens with zero attached hydrogens (tertiary/aromatic N) is 1. The SMILES string of the molecule is CC1CCCCN1S(=O)(=O)NC1CCNC1.Cl. The van der Waals surface area contributed by atoms with E-state index in [1.165, 1.54) is 0 Å². The summed E-state index contributed by atoms with van der Waals surface area (Å²) in [5, 5.41) is 3.16. The maximum atomic E-state index is 12.1. The molecule has 0 aromatic rings. The molecular weight excluding hydrogens is 262 g/mol. The Labute approximate surface area is 110 Å². The molecule has 0 aliphatic carbocycles. The lowest BCUT2D eigenvalue weighted by Gasteiger charge is -2.33. The minimum atomic E-state index is -3.27. The lowest BCUT2D eigenvalue weighted by atomic mass is 10.1. The van der Waals surface area contributed by atoms with Gasteiger partial charge < -0.3 is 5.32 Å². The molecule has 5 nitrogen and oxygen atoms in total. The molecule has 102 valence electrons. The van der Waals surface area contributed by atoms with Crippen LogP contribution in [-0.2, 0) is 10.2 Å². The second-order valence-corrected chi connectivity index (χ2v) is 6.42. The van der Waals surface area contributed by atoms with Crippen LogP contribution in [0, 0.1) is 0 Å². The van der Waals surface area contributed by atoms with Gasteiger partial charge in [0.05, 0.1) is 0 Å². The third-order valence-corrected chi connectivity index (χ3v) is 5.22. The van der Waals surface area contributed by atoms with E-state index in [2.05, 4.69) is 10.0 Å². The van der Waals surface area contributed by atoms with Crippen molar-refractivity contribution in [2.24, 2.45) is 0 Å². The molecule has 2 rings (SSSR count). The number of rotatable bonds is 3. The summed E-state index contributed by atoms with van der Waals surface area (Å²) in [6, 6.07) is 0.208. The molecule has 2 aliphatic rings. The third kappa shape index (κ3) is 3.79. The number of hydrogen-bond acceptors (Lipinski definition) is 3. The predicted octanol–water partition coefficient (Wildman–Crippen LogP) is 0.479. The van der Waals surface area contributed by atoms with Gasteiger partial charge >= 0.3 is 0 Å². The maximum absolute atomic E-state index is 12.1. The molecule has 2 fully saturated rings. The molecule has 2 unspecified atom stereocenters. The van der Waals surface area contributed by atoms with E-state index in [0.717, 1.165) is 38.8 Å². The minimum Gasteiger partial charge on any atom is -0.315 e. The maximum Gasteiger partial charge on any atom is 0.279 e. The monoisotopic (exact) mass is 283 g/mol. The molecule has 17 heavy (non-hydrogen) atoms. The molecule has 2 aliphatic heterocycles. The van der Waals surface area contributed by atoms with Gasteiger partial charge in [-0.25, -0.2) is 0 Å². The fourth-order valence-electron chi connectivity index (χ4n) is 2.46. The van der Waals surface area contributed by atoms with E-state index in [1.54, 1.807) is 4.31 Å². The summed E-state index contributed by atoms with van der Waals surface area (Å²) in [6.07, 6.45) is 3.98. The van der Waals surface area contributed by atoms with Crippen LogP contribution in [0.1, 0.15) is 32.6 Å². The zero-order valence-corrected chi connectivity index (χ0v) is 11.8. The van der Waals surface area contributed by atoms with Crippen molar-refractivity contribution in [1.29, 1.82) is 0 Å². The molecule has 2 atom stereocenters. The van der Waals surface area contributed by atoms with Gasteiger partial charge in [-0.15, -0.1) is 12.4 Å². The molecular formula is C10H22ClN3O2S. The third-order valence-electron chi connectivity index (χ3n) is 3.43. The van der Waals surface area contributed by atoms with E-state index < -0.39 is 10.2 Å². The normalized spacial score (nSPS) is 31.1. The van der Waals surface area contributed by atoms with Crippen LogP contribution in [0.2, 0.25) is 0 Å². The summed E-state index contributed by atoms with van der Waals surface area (Å²) in [5.74, 6) is 0. The Kier molecular flexibility index (Phi) is 5.66. The average Bonchev–Trinajstić information content (AvgIpc) is 2.70. The predicted molar refractivity (Wildman–Crippen MR) is 70.6 cm³/mol. The van der Waals surface area contributed by atoms with Crippen molar-refractivity contribution < 1.29 is 8.42 Å². The van der Waals surface area contributed by atoms with Gasteiger partial charge in [0.15, 0.2) is 0 Å². The Morgan fingerprint density at radius 3 is 2.65 bits per heavy atom. The molecule has 0 spiro atoms. The first-order valence-corrected chi connectivity index (χ1v) is 7.53. The van der Waals surface area contributed by atoms with Gasteiger partial charge in [0.2, 0.25) is 0 Å². The highest BCUT2D eigenvalue weighted by atomic mass is 35.5. The molecule has 0 saturated carbocycles. The van der Waals surface area contributed by atoms with Gasteiger partial charge in [0, 0.05) is 25.2 Å². The summed E-state index contributed by atoms with van der Waals surface area (Å²) in [5.41, 5.74) is 0. The first-order chi connectivity index (χ1) is 7.59. The van der Waals surface area contributed by atoms with Gasteiger partial charge in [-0.05, 0) is 32.7 Å². The first-order valence-electron chi connectivity index (χ1n) is 6.09. The largest absolute Gasteiger partial charge is 0.315 e. The van der Waals surface area contributed by atoms with Crippen LogP contribution >= 0.6 is 12.4 Å². The van der Waals surface area contributed by atoms with Gasteiger partial charge in [-0.3, -0.25) is 0 Å². The highest BCUT2D eigenvalue weighted by Gasteiger charge is 2.31. The molecule has 0 bridgehead atoms. The van der Waals surface area contributed by atoms with E-state index in [1.807, 2.05) is 6.92 Å². The lowest BCUT2D eigenvalue weighted by Crippen LogP contribution is -2.51. The van der Waals surface area contributed by atoms with Crippen LogP contribution in [0.25, 0.3) is 0 Å². The smallest absolute Gasteiger partial charge is 0.279 e. The molecule has 0 aromatic heterocycles. The minimum absolute atomic E-state index is 0. The highest BCUT2D eigenvalue weighted by Crippen LogP contribution is 2.19. The van der Waals surface area contributed by atoms with Gasteiger partial charge in [0.1, 0.15) is 0 Å². The van der Waals surface area contributed by atoms with Crippen molar-refractivity contribution in [2.75, 3.05) is 19.6 Å². The Hall–Kier alpha value is 0.120. The van der Waals surface area contributed by atoms with Gasteiger partial charge in [-0.1, -0.05) is 6.42 Å². The Morgan fingerprint density at radius 1 is 1.29 bits per heavy atom. The molecule has 0 radical (unpaired) electrons.